The van der Waals surface area contributed by atoms with Gasteiger partial charge in [-0.1, -0.05) is 11.6 Å². The summed E-state index contributed by atoms with van der Waals surface area (Å²) >= 11 is 7.72. The molecule has 0 amide bonds. The molecule has 0 saturated carbocycles. The van der Waals surface area contributed by atoms with Crippen LogP contribution in [-0.2, 0) is 4.74 Å². The predicted octanol–water partition coefficient (Wildman–Crippen LogP) is 3.95. The topological polar surface area (TPSA) is 21.3 Å². The molecule has 0 radical (unpaired) electrons. The number of hydrogen-bond donors (Lipinski definition) is 1. The molecule has 0 bridgehead atoms. The normalized spacial score (nSPS) is 30.7. The number of ether oxygens (including phenoxy) is 1. The third kappa shape index (κ3) is 3.01. The Bertz CT molecular complexity index is 465. The summed E-state index contributed by atoms with van der Waals surface area (Å²) in [6.07, 6.45) is 3.00. The van der Waals surface area contributed by atoms with Crippen LogP contribution in [0.15, 0.2) is 18.2 Å². The molecule has 1 N–H and O–H groups in total. The Labute approximate surface area is 122 Å². The van der Waals surface area contributed by atoms with Crippen molar-refractivity contribution in [2.24, 2.45) is 0 Å². The van der Waals surface area contributed by atoms with Crippen molar-refractivity contribution in [3.63, 3.8) is 0 Å². The van der Waals surface area contributed by atoms with Gasteiger partial charge < -0.3 is 10.1 Å². The lowest BCUT2D eigenvalue weighted by Crippen LogP contribution is -2.44. The van der Waals surface area contributed by atoms with E-state index < -0.39 is 0 Å². The number of halogens is 2. The minimum Gasteiger partial charge on any atom is -0.380 e. The van der Waals surface area contributed by atoms with Crippen LogP contribution in [0.25, 0.3) is 0 Å². The Morgan fingerprint density at radius 1 is 1.47 bits per heavy atom. The number of nitrogens with one attached hydrogen (secondary N) is 1. The van der Waals surface area contributed by atoms with Crippen LogP contribution in [0.2, 0.25) is 5.02 Å². The maximum Gasteiger partial charge on any atom is 0.147 e. The Hall–Kier alpha value is -0.450. The van der Waals surface area contributed by atoms with E-state index in [1.165, 1.54) is 11.8 Å². The lowest BCUT2D eigenvalue weighted by Gasteiger charge is -2.38. The second-order valence-electron chi connectivity index (χ2n) is 5.29. The highest BCUT2D eigenvalue weighted by Crippen LogP contribution is 2.39. The fourth-order valence-corrected chi connectivity index (χ4v) is 4.38. The molecule has 2 unspecified atom stereocenters. The van der Waals surface area contributed by atoms with Crippen LogP contribution in [0, 0.1) is 5.82 Å². The molecule has 2 nitrogen and oxygen atoms in total. The zero-order chi connectivity index (χ0) is 13.3. The molecule has 2 saturated heterocycles. The van der Waals surface area contributed by atoms with Crippen LogP contribution >= 0.6 is 23.4 Å². The summed E-state index contributed by atoms with van der Waals surface area (Å²) in [7, 11) is 0. The summed E-state index contributed by atoms with van der Waals surface area (Å²) in [6.45, 7) is 0.757. The fourth-order valence-electron chi connectivity index (χ4n) is 2.84. The highest BCUT2D eigenvalue weighted by molar-refractivity contribution is 7.99. The van der Waals surface area contributed by atoms with Crippen molar-refractivity contribution in [2.75, 3.05) is 23.4 Å². The third-order valence-electron chi connectivity index (χ3n) is 3.85. The van der Waals surface area contributed by atoms with Crippen LogP contribution in [0.1, 0.15) is 19.3 Å². The van der Waals surface area contributed by atoms with Crippen LogP contribution in [-0.4, -0.2) is 29.8 Å². The number of hydrogen-bond acceptors (Lipinski definition) is 3. The van der Waals surface area contributed by atoms with Crippen molar-refractivity contribution in [1.82, 2.24) is 0 Å². The van der Waals surface area contributed by atoms with Crippen molar-refractivity contribution < 1.29 is 9.13 Å². The van der Waals surface area contributed by atoms with Crippen LogP contribution in [0.4, 0.5) is 10.1 Å². The standard InChI is InChI=1S/C14H17ClFNOS/c15-10-1-2-13(12(16)7-10)17-11-3-5-18-14(8-11)4-6-19-9-14/h1-2,7,11,17H,3-6,8-9H2. The molecule has 19 heavy (non-hydrogen) atoms. The number of thioether (sulfide) groups is 1. The van der Waals surface area contributed by atoms with Gasteiger partial charge in [-0.15, -0.1) is 0 Å². The lowest BCUT2D eigenvalue weighted by molar-refractivity contribution is -0.0628. The molecular formula is C14H17ClFNOS. The van der Waals surface area contributed by atoms with Crippen molar-refractivity contribution in [1.29, 1.82) is 0 Å². The van der Waals surface area contributed by atoms with E-state index in [4.69, 9.17) is 16.3 Å². The zero-order valence-electron chi connectivity index (χ0n) is 10.6. The molecule has 1 aromatic carbocycles. The SMILES string of the molecule is Fc1cc(Cl)ccc1NC1CCOC2(CCSC2)C1. The van der Waals surface area contributed by atoms with Gasteiger partial charge in [-0.25, -0.2) is 4.39 Å². The first-order valence-electron chi connectivity index (χ1n) is 6.60. The van der Waals surface area contributed by atoms with Gasteiger partial charge in [-0.2, -0.15) is 11.8 Å². The second kappa shape index (κ2) is 5.51. The summed E-state index contributed by atoms with van der Waals surface area (Å²) in [4.78, 5) is 0. The molecule has 2 heterocycles. The summed E-state index contributed by atoms with van der Waals surface area (Å²) in [5.41, 5.74) is 0.556. The quantitative estimate of drug-likeness (QED) is 0.894. The Morgan fingerprint density at radius 2 is 2.37 bits per heavy atom. The average molecular weight is 302 g/mol. The molecule has 2 aliphatic rings. The van der Waals surface area contributed by atoms with Crippen molar-refractivity contribution in [2.45, 2.75) is 30.9 Å². The van der Waals surface area contributed by atoms with Crippen LogP contribution < -0.4 is 5.32 Å². The maximum absolute atomic E-state index is 13.8. The first-order valence-corrected chi connectivity index (χ1v) is 8.13. The summed E-state index contributed by atoms with van der Waals surface area (Å²) < 4.78 is 19.8. The smallest absolute Gasteiger partial charge is 0.147 e. The molecule has 1 spiro atoms. The monoisotopic (exact) mass is 301 g/mol. The number of anilines is 1. The van der Waals surface area contributed by atoms with E-state index in [-0.39, 0.29) is 17.5 Å². The second-order valence-corrected chi connectivity index (χ2v) is 6.83. The molecule has 2 aliphatic heterocycles. The highest BCUT2D eigenvalue weighted by atomic mass is 35.5. The van der Waals surface area contributed by atoms with E-state index in [1.807, 2.05) is 11.8 Å². The molecule has 104 valence electrons. The molecule has 5 heteroatoms. The minimum atomic E-state index is -0.283. The van der Waals surface area contributed by atoms with E-state index in [2.05, 4.69) is 5.32 Å². The largest absolute Gasteiger partial charge is 0.380 e. The van der Waals surface area contributed by atoms with Gasteiger partial charge >= 0.3 is 0 Å². The first kappa shape index (κ1) is 13.5. The van der Waals surface area contributed by atoms with Gasteiger partial charge in [0.05, 0.1) is 11.3 Å². The minimum absolute atomic E-state index is 0.0173. The molecule has 2 atom stereocenters. The van der Waals surface area contributed by atoms with E-state index in [0.29, 0.717) is 10.7 Å². The molecule has 2 fully saturated rings. The van der Waals surface area contributed by atoms with E-state index in [0.717, 1.165) is 31.6 Å². The number of rotatable bonds is 2. The molecule has 0 aliphatic carbocycles. The molecule has 1 aromatic rings. The van der Waals surface area contributed by atoms with E-state index in [1.54, 1.807) is 12.1 Å². The third-order valence-corrected chi connectivity index (χ3v) is 5.31. The Kier molecular flexibility index (Phi) is 3.92. The molecular weight excluding hydrogens is 285 g/mol. The fraction of sp³-hybridized carbons (Fsp3) is 0.571. The molecule has 0 aromatic heterocycles. The predicted molar refractivity (Wildman–Crippen MR) is 78.7 cm³/mol. The summed E-state index contributed by atoms with van der Waals surface area (Å²) in [6, 6.07) is 5.06. The number of benzene rings is 1. The van der Waals surface area contributed by atoms with Gasteiger partial charge in [-0.05, 0) is 43.2 Å². The van der Waals surface area contributed by atoms with Gasteiger partial charge in [0.15, 0.2) is 0 Å². The summed E-state index contributed by atoms with van der Waals surface area (Å²) in [5.74, 6) is 1.95. The van der Waals surface area contributed by atoms with Gasteiger partial charge in [0.25, 0.3) is 0 Å². The molecule has 3 rings (SSSR count). The van der Waals surface area contributed by atoms with Crippen LogP contribution in [0.5, 0.6) is 0 Å². The van der Waals surface area contributed by atoms with Crippen molar-refractivity contribution in [3.05, 3.63) is 29.0 Å². The Morgan fingerprint density at radius 3 is 3.11 bits per heavy atom. The average Bonchev–Trinajstić information content (AvgIpc) is 2.81. The van der Waals surface area contributed by atoms with Crippen molar-refractivity contribution >= 4 is 29.1 Å². The van der Waals surface area contributed by atoms with Gasteiger partial charge in [0.2, 0.25) is 0 Å². The van der Waals surface area contributed by atoms with Gasteiger partial charge in [0.1, 0.15) is 5.82 Å². The summed E-state index contributed by atoms with van der Waals surface area (Å²) in [5, 5.41) is 3.73. The highest BCUT2D eigenvalue weighted by Gasteiger charge is 2.40. The maximum atomic E-state index is 13.8. The van der Waals surface area contributed by atoms with Crippen molar-refractivity contribution in [3.8, 4) is 0 Å². The zero-order valence-corrected chi connectivity index (χ0v) is 12.2. The van der Waals surface area contributed by atoms with Gasteiger partial charge in [-0.3, -0.25) is 0 Å². The van der Waals surface area contributed by atoms with Crippen LogP contribution in [0.3, 0.4) is 0 Å². The lowest BCUT2D eigenvalue weighted by atomic mass is 9.90. The first-order chi connectivity index (χ1) is 9.17. The van der Waals surface area contributed by atoms with Gasteiger partial charge in [0, 0.05) is 23.4 Å². The van der Waals surface area contributed by atoms with E-state index >= 15 is 0 Å². The van der Waals surface area contributed by atoms with E-state index in [9.17, 15) is 4.39 Å². The Balaban J connectivity index is 1.69.